The maximum atomic E-state index is 10.1. The van der Waals surface area contributed by atoms with Crippen LogP contribution in [0.4, 0.5) is 5.69 Å². The minimum absolute atomic E-state index is 0. The molecular formula is C21H36IN5O. The highest BCUT2D eigenvalue weighted by molar-refractivity contribution is 14.0. The second-order valence-electron chi connectivity index (χ2n) is 7.99. The van der Waals surface area contributed by atoms with Crippen molar-refractivity contribution in [2.75, 3.05) is 57.8 Å². The van der Waals surface area contributed by atoms with E-state index in [1.54, 1.807) is 6.07 Å². The van der Waals surface area contributed by atoms with Crippen molar-refractivity contribution in [2.24, 2.45) is 10.9 Å². The van der Waals surface area contributed by atoms with E-state index in [1.165, 1.54) is 25.9 Å². The SMILES string of the molecule is CN=C(NCC1CCCN(C(C)C)C1)N1CCN(c2ccccc2O)CC1.I. The molecule has 1 unspecified atom stereocenters. The summed E-state index contributed by atoms with van der Waals surface area (Å²) >= 11 is 0. The number of para-hydroxylation sites is 2. The Kier molecular flexibility index (Phi) is 9.14. The fourth-order valence-corrected chi connectivity index (χ4v) is 4.19. The number of nitrogens with zero attached hydrogens (tertiary/aromatic N) is 4. The van der Waals surface area contributed by atoms with E-state index >= 15 is 0 Å². The van der Waals surface area contributed by atoms with E-state index in [9.17, 15) is 5.11 Å². The summed E-state index contributed by atoms with van der Waals surface area (Å²) in [6, 6.07) is 8.22. The quantitative estimate of drug-likeness (QED) is 0.378. The fraction of sp³-hybridized carbons (Fsp3) is 0.667. The predicted octanol–water partition coefficient (Wildman–Crippen LogP) is 2.83. The van der Waals surface area contributed by atoms with Gasteiger partial charge in [-0.25, -0.2) is 0 Å². The van der Waals surface area contributed by atoms with Gasteiger partial charge in [-0.3, -0.25) is 4.99 Å². The average molecular weight is 501 g/mol. The fourth-order valence-electron chi connectivity index (χ4n) is 4.19. The third kappa shape index (κ3) is 5.89. The third-order valence-corrected chi connectivity index (χ3v) is 5.84. The summed E-state index contributed by atoms with van der Waals surface area (Å²) < 4.78 is 0. The lowest BCUT2D eigenvalue weighted by Crippen LogP contribution is -2.53. The van der Waals surface area contributed by atoms with E-state index in [2.05, 4.69) is 38.9 Å². The summed E-state index contributed by atoms with van der Waals surface area (Å²) in [4.78, 5) is 11.7. The van der Waals surface area contributed by atoms with Gasteiger partial charge in [-0.2, -0.15) is 0 Å². The summed E-state index contributed by atoms with van der Waals surface area (Å²) in [5.41, 5.74) is 0.927. The number of benzene rings is 1. The molecule has 1 atom stereocenters. The van der Waals surface area contributed by atoms with Crippen molar-refractivity contribution in [2.45, 2.75) is 32.7 Å². The van der Waals surface area contributed by atoms with Crippen molar-refractivity contribution in [3.63, 3.8) is 0 Å². The first kappa shape index (κ1) is 23.1. The van der Waals surface area contributed by atoms with Crippen LogP contribution >= 0.6 is 24.0 Å². The van der Waals surface area contributed by atoms with E-state index in [-0.39, 0.29) is 24.0 Å². The first-order valence-electron chi connectivity index (χ1n) is 10.3. The maximum absolute atomic E-state index is 10.1. The normalized spacial score (nSPS) is 21.6. The summed E-state index contributed by atoms with van der Waals surface area (Å²) in [6.07, 6.45) is 2.59. The second-order valence-corrected chi connectivity index (χ2v) is 7.99. The van der Waals surface area contributed by atoms with Gasteiger partial charge in [-0.1, -0.05) is 12.1 Å². The van der Waals surface area contributed by atoms with Crippen molar-refractivity contribution < 1.29 is 5.11 Å². The average Bonchev–Trinajstić information content (AvgIpc) is 2.69. The van der Waals surface area contributed by atoms with Crippen molar-refractivity contribution >= 4 is 35.6 Å². The number of anilines is 1. The Labute approximate surface area is 187 Å². The van der Waals surface area contributed by atoms with Gasteiger partial charge in [0, 0.05) is 52.4 Å². The maximum Gasteiger partial charge on any atom is 0.193 e. The van der Waals surface area contributed by atoms with Crippen LogP contribution in [0.15, 0.2) is 29.3 Å². The first-order chi connectivity index (χ1) is 13.1. The number of likely N-dealkylation sites (tertiary alicyclic amines) is 1. The lowest BCUT2D eigenvalue weighted by atomic mass is 9.97. The molecule has 2 aliphatic rings. The van der Waals surface area contributed by atoms with Gasteiger partial charge in [-0.15, -0.1) is 24.0 Å². The lowest BCUT2D eigenvalue weighted by molar-refractivity contribution is 0.140. The van der Waals surface area contributed by atoms with Crippen molar-refractivity contribution in [1.82, 2.24) is 15.1 Å². The molecule has 0 bridgehead atoms. The molecule has 2 fully saturated rings. The van der Waals surface area contributed by atoms with Crippen LogP contribution in [0.25, 0.3) is 0 Å². The van der Waals surface area contributed by atoms with E-state index in [1.807, 2.05) is 25.2 Å². The van der Waals surface area contributed by atoms with Crippen LogP contribution in [-0.2, 0) is 0 Å². The minimum atomic E-state index is 0. The zero-order valence-electron chi connectivity index (χ0n) is 17.5. The highest BCUT2D eigenvalue weighted by Gasteiger charge is 2.24. The van der Waals surface area contributed by atoms with Crippen LogP contribution < -0.4 is 10.2 Å². The second kappa shape index (κ2) is 11.1. The largest absolute Gasteiger partial charge is 0.506 e. The number of guanidine groups is 1. The number of piperidine rings is 1. The van der Waals surface area contributed by atoms with Gasteiger partial charge in [0.25, 0.3) is 0 Å². The molecule has 2 N–H and O–H groups in total. The van der Waals surface area contributed by atoms with Crippen LogP contribution in [0.5, 0.6) is 5.75 Å². The third-order valence-electron chi connectivity index (χ3n) is 5.84. The van der Waals surface area contributed by atoms with Gasteiger partial charge in [-0.05, 0) is 51.3 Å². The van der Waals surface area contributed by atoms with Gasteiger partial charge >= 0.3 is 0 Å². The molecule has 28 heavy (non-hydrogen) atoms. The van der Waals surface area contributed by atoms with Crippen molar-refractivity contribution in [1.29, 1.82) is 0 Å². The Balaban J connectivity index is 0.00000280. The van der Waals surface area contributed by atoms with E-state index in [0.29, 0.717) is 17.7 Å². The van der Waals surface area contributed by atoms with Crippen LogP contribution in [0.3, 0.4) is 0 Å². The molecule has 1 aromatic rings. The number of phenols is 1. The molecular weight excluding hydrogens is 465 g/mol. The number of piperazine rings is 1. The number of rotatable bonds is 4. The van der Waals surface area contributed by atoms with Crippen LogP contribution in [-0.4, -0.2) is 79.8 Å². The molecule has 6 nitrogen and oxygen atoms in total. The molecule has 1 aromatic carbocycles. The highest BCUT2D eigenvalue weighted by Crippen LogP contribution is 2.27. The smallest absolute Gasteiger partial charge is 0.193 e. The Morgan fingerprint density at radius 1 is 1.18 bits per heavy atom. The number of nitrogens with one attached hydrogen (secondary N) is 1. The molecule has 2 aliphatic heterocycles. The lowest BCUT2D eigenvalue weighted by Gasteiger charge is -2.39. The summed E-state index contributed by atoms with van der Waals surface area (Å²) in [6.45, 7) is 11.6. The molecule has 0 spiro atoms. The van der Waals surface area contributed by atoms with E-state index in [0.717, 1.165) is 44.4 Å². The molecule has 158 valence electrons. The van der Waals surface area contributed by atoms with Gasteiger partial charge in [0.2, 0.25) is 0 Å². The van der Waals surface area contributed by atoms with Crippen molar-refractivity contribution in [3.05, 3.63) is 24.3 Å². The van der Waals surface area contributed by atoms with Crippen molar-refractivity contribution in [3.8, 4) is 5.75 Å². The standard InChI is InChI=1S/C21H35N5O.HI/c1-17(2)26-10-6-7-18(16-26)15-23-21(22-3)25-13-11-24(12-14-25)19-8-4-5-9-20(19)27;/h4-5,8-9,17-18,27H,6-7,10-16H2,1-3H3,(H,22,23);1H. The summed E-state index contributed by atoms with van der Waals surface area (Å²) in [7, 11) is 1.87. The summed E-state index contributed by atoms with van der Waals surface area (Å²) in [5.74, 6) is 2.06. The van der Waals surface area contributed by atoms with Crippen LogP contribution in [0, 0.1) is 5.92 Å². The monoisotopic (exact) mass is 501 g/mol. The molecule has 2 saturated heterocycles. The molecule has 0 aromatic heterocycles. The van der Waals surface area contributed by atoms with Gasteiger partial charge < -0.3 is 25.1 Å². The van der Waals surface area contributed by atoms with Crippen LogP contribution in [0.2, 0.25) is 0 Å². The number of hydrogen-bond acceptors (Lipinski definition) is 4. The molecule has 0 aliphatic carbocycles. The van der Waals surface area contributed by atoms with Gasteiger partial charge in [0.1, 0.15) is 5.75 Å². The number of aliphatic imine (C=N–C) groups is 1. The van der Waals surface area contributed by atoms with Gasteiger partial charge in [0.05, 0.1) is 5.69 Å². The number of hydrogen-bond donors (Lipinski definition) is 2. The Bertz CT molecular complexity index is 631. The Morgan fingerprint density at radius 3 is 2.54 bits per heavy atom. The number of aromatic hydroxyl groups is 1. The summed E-state index contributed by atoms with van der Waals surface area (Å²) in [5, 5.41) is 13.7. The van der Waals surface area contributed by atoms with Crippen LogP contribution in [0.1, 0.15) is 26.7 Å². The minimum Gasteiger partial charge on any atom is -0.506 e. The molecule has 3 rings (SSSR count). The Morgan fingerprint density at radius 2 is 1.89 bits per heavy atom. The highest BCUT2D eigenvalue weighted by atomic mass is 127. The molecule has 2 heterocycles. The first-order valence-corrected chi connectivity index (χ1v) is 10.3. The number of halogens is 1. The Hall–Kier alpha value is -1.22. The van der Waals surface area contributed by atoms with E-state index < -0.39 is 0 Å². The zero-order valence-corrected chi connectivity index (χ0v) is 19.8. The molecule has 0 saturated carbocycles. The molecule has 0 radical (unpaired) electrons. The molecule has 7 heteroatoms. The van der Waals surface area contributed by atoms with Gasteiger partial charge in [0.15, 0.2) is 5.96 Å². The number of phenolic OH excluding ortho intramolecular Hbond substituents is 1. The van der Waals surface area contributed by atoms with E-state index in [4.69, 9.17) is 0 Å². The topological polar surface area (TPSA) is 54.3 Å². The predicted molar refractivity (Wildman–Crippen MR) is 128 cm³/mol. The molecule has 0 amide bonds. The zero-order chi connectivity index (χ0) is 19.2.